The topological polar surface area (TPSA) is 15.3 Å². The molecule has 1 heterocycles. The van der Waals surface area contributed by atoms with E-state index in [1.807, 2.05) is 0 Å². The first-order valence-corrected chi connectivity index (χ1v) is 7.76. The van der Waals surface area contributed by atoms with E-state index >= 15 is 0 Å². The van der Waals surface area contributed by atoms with Gasteiger partial charge < -0.3 is 5.32 Å². The van der Waals surface area contributed by atoms with E-state index in [0.29, 0.717) is 23.9 Å². The summed E-state index contributed by atoms with van der Waals surface area (Å²) in [7, 11) is 0. The van der Waals surface area contributed by atoms with Gasteiger partial charge in [-0.2, -0.15) is 0 Å². The second-order valence-corrected chi connectivity index (χ2v) is 6.33. The number of halogens is 1. The van der Waals surface area contributed by atoms with Gasteiger partial charge in [0, 0.05) is 31.2 Å². The van der Waals surface area contributed by atoms with Gasteiger partial charge >= 0.3 is 0 Å². The van der Waals surface area contributed by atoms with Crippen molar-refractivity contribution in [2.45, 2.75) is 64.0 Å². The molecule has 1 N–H and O–H groups in total. The molecule has 0 aromatic heterocycles. The number of piperazine rings is 1. The zero-order chi connectivity index (χ0) is 13.0. The third-order valence-electron chi connectivity index (χ3n) is 5.10. The van der Waals surface area contributed by atoms with Crippen molar-refractivity contribution in [3.05, 3.63) is 0 Å². The first-order chi connectivity index (χ1) is 8.71. The summed E-state index contributed by atoms with van der Waals surface area (Å²) in [6.45, 7) is 7.60. The van der Waals surface area contributed by atoms with Crippen molar-refractivity contribution in [2.75, 3.05) is 26.3 Å². The first kappa shape index (κ1) is 14.3. The van der Waals surface area contributed by atoms with Gasteiger partial charge in [0.05, 0.1) is 6.67 Å². The molecule has 1 aliphatic heterocycles. The van der Waals surface area contributed by atoms with Gasteiger partial charge in [0.1, 0.15) is 0 Å². The monoisotopic (exact) mass is 256 g/mol. The summed E-state index contributed by atoms with van der Waals surface area (Å²) in [4.78, 5) is 2.58. The maximum absolute atomic E-state index is 12.5. The van der Waals surface area contributed by atoms with Crippen molar-refractivity contribution in [1.29, 1.82) is 0 Å². The second-order valence-electron chi connectivity index (χ2n) is 6.33. The standard InChI is InChI=1S/C15H29FN2/c1-3-13(2)14-11-17-15(7-4-5-8-15)12-18(14)10-6-9-16/h13-14,17H,3-12H2,1-2H3. The Bertz CT molecular complexity index is 251. The van der Waals surface area contributed by atoms with Crippen LogP contribution in [0.4, 0.5) is 4.39 Å². The maximum Gasteiger partial charge on any atom is 0.0906 e. The summed E-state index contributed by atoms with van der Waals surface area (Å²) < 4.78 is 12.5. The Morgan fingerprint density at radius 3 is 2.72 bits per heavy atom. The quantitative estimate of drug-likeness (QED) is 0.813. The first-order valence-electron chi connectivity index (χ1n) is 7.76. The van der Waals surface area contributed by atoms with Gasteiger partial charge in [-0.25, -0.2) is 0 Å². The van der Waals surface area contributed by atoms with E-state index in [0.717, 1.165) is 19.6 Å². The Morgan fingerprint density at radius 1 is 1.39 bits per heavy atom. The fraction of sp³-hybridized carbons (Fsp3) is 1.00. The molecule has 0 amide bonds. The summed E-state index contributed by atoms with van der Waals surface area (Å²) in [5.74, 6) is 0.705. The zero-order valence-electron chi connectivity index (χ0n) is 12.1. The van der Waals surface area contributed by atoms with Crippen LogP contribution in [0, 0.1) is 5.92 Å². The van der Waals surface area contributed by atoms with Crippen LogP contribution in [-0.2, 0) is 0 Å². The van der Waals surface area contributed by atoms with Crippen LogP contribution in [-0.4, -0.2) is 42.8 Å². The zero-order valence-corrected chi connectivity index (χ0v) is 12.1. The molecule has 2 atom stereocenters. The summed E-state index contributed by atoms with van der Waals surface area (Å²) >= 11 is 0. The van der Waals surface area contributed by atoms with E-state index in [1.54, 1.807) is 0 Å². The molecule has 2 unspecified atom stereocenters. The summed E-state index contributed by atoms with van der Waals surface area (Å²) in [5, 5.41) is 3.83. The predicted molar refractivity (Wildman–Crippen MR) is 74.6 cm³/mol. The van der Waals surface area contributed by atoms with Crippen LogP contribution in [0.3, 0.4) is 0 Å². The average molecular weight is 256 g/mol. The Labute approximate surface area is 111 Å². The minimum Gasteiger partial charge on any atom is -0.308 e. The fourth-order valence-electron chi connectivity index (χ4n) is 3.74. The highest BCUT2D eigenvalue weighted by Crippen LogP contribution is 2.34. The van der Waals surface area contributed by atoms with E-state index in [4.69, 9.17) is 0 Å². The Hall–Kier alpha value is -0.150. The summed E-state index contributed by atoms with van der Waals surface area (Å²) in [6.07, 6.45) is 7.25. The molecular formula is C15H29FN2. The molecule has 2 fully saturated rings. The normalized spacial score (nSPS) is 29.8. The molecule has 1 saturated heterocycles. The Morgan fingerprint density at radius 2 is 2.11 bits per heavy atom. The Kier molecular flexibility index (Phi) is 5.02. The number of nitrogens with one attached hydrogen (secondary N) is 1. The third-order valence-corrected chi connectivity index (χ3v) is 5.10. The van der Waals surface area contributed by atoms with Gasteiger partial charge in [-0.3, -0.25) is 9.29 Å². The molecule has 0 bridgehead atoms. The predicted octanol–water partition coefficient (Wildman–Crippen LogP) is 2.98. The highest BCUT2D eigenvalue weighted by atomic mass is 19.1. The molecule has 18 heavy (non-hydrogen) atoms. The van der Waals surface area contributed by atoms with Crippen LogP contribution in [0.1, 0.15) is 52.4 Å². The molecule has 3 heteroatoms. The van der Waals surface area contributed by atoms with Crippen molar-refractivity contribution in [1.82, 2.24) is 10.2 Å². The van der Waals surface area contributed by atoms with Gasteiger partial charge in [-0.05, 0) is 25.2 Å². The van der Waals surface area contributed by atoms with Crippen LogP contribution in [0.15, 0.2) is 0 Å². The molecule has 0 radical (unpaired) electrons. The van der Waals surface area contributed by atoms with Gasteiger partial charge in [0.15, 0.2) is 0 Å². The summed E-state index contributed by atoms with van der Waals surface area (Å²) in [5.41, 5.74) is 0.361. The molecule has 106 valence electrons. The van der Waals surface area contributed by atoms with Crippen molar-refractivity contribution < 1.29 is 4.39 Å². The molecular weight excluding hydrogens is 227 g/mol. The van der Waals surface area contributed by atoms with Crippen molar-refractivity contribution in [3.8, 4) is 0 Å². The van der Waals surface area contributed by atoms with Crippen molar-refractivity contribution >= 4 is 0 Å². The number of rotatable bonds is 5. The highest BCUT2D eigenvalue weighted by Gasteiger charge is 2.41. The van der Waals surface area contributed by atoms with Crippen molar-refractivity contribution in [2.24, 2.45) is 5.92 Å². The van der Waals surface area contributed by atoms with Gasteiger partial charge in [-0.15, -0.1) is 0 Å². The Balaban J connectivity index is 2.00. The highest BCUT2D eigenvalue weighted by molar-refractivity contribution is 5.01. The van der Waals surface area contributed by atoms with Crippen LogP contribution in [0.25, 0.3) is 0 Å². The van der Waals surface area contributed by atoms with E-state index in [-0.39, 0.29) is 6.67 Å². The van der Waals surface area contributed by atoms with E-state index in [9.17, 15) is 4.39 Å². The third kappa shape index (κ3) is 3.05. The molecule has 2 aliphatic rings. The SMILES string of the molecule is CCC(C)C1CNC2(CCCC2)CN1CCCF. The van der Waals surface area contributed by atoms with Crippen LogP contribution >= 0.6 is 0 Å². The van der Waals surface area contributed by atoms with Gasteiger partial charge in [0.25, 0.3) is 0 Å². The number of nitrogens with zero attached hydrogens (tertiary/aromatic N) is 1. The minimum absolute atomic E-state index is 0.176. The molecule has 0 aromatic carbocycles. The van der Waals surface area contributed by atoms with E-state index < -0.39 is 0 Å². The van der Waals surface area contributed by atoms with Gasteiger partial charge in [-0.1, -0.05) is 33.1 Å². The molecule has 2 rings (SSSR count). The van der Waals surface area contributed by atoms with Crippen LogP contribution in [0.2, 0.25) is 0 Å². The fourth-order valence-corrected chi connectivity index (χ4v) is 3.74. The van der Waals surface area contributed by atoms with Crippen LogP contribution in [0.5, 0.6) is 0 Å². The van der Waals surface area contributed by atoms with Crippen molar-refractivity contribution in [3.63, 3.8) is 0 Å². The van der Waals surface area contributed by atoms with E-state index in [1.165, 1.54) is 32.1 Å². The lowest BCUT2D eigenvalue weighted by Gasteiger charge is -2.48. The average Bonchev–Trinajstić information content (AvgIpc) is 2.84. The lowest BCUT2D eigenvalue weighted by molar-refractivity contribution is 0.0496. The van der Waals surface area contributed by atoms with Gasteiger partial charge in [0.2, 0.25) is 0 Å². The summed E-state index contributed by atoms with van der Waals surface area (Å²) in [6, 6.07) is 0.604. The smallest absolute Gasteiger partial charge is 0.0906 e. The minimum atomic E-state index is -0.176. The number of hydrogen-bond acceptors (Lipinski definition) is 2. The number of hydrogen-bond donors (Lipinski definition) is 1. The van der Waals surface area contributed by atoms with E-state index in [2.05, 4.69) is 24.1 Å². The van der Waals surface area contributed by atoms with Crippen LogP contribution < -0.4 is 5.32 Å². The number of alkyl halides is 1. The molecule has 1 spiro atoms. The molecule has 1 saturated carbocycles. The second kappa shape index (κ2) is 6.33. The maximum atomic E-state index is 12.5. The largest absolute Gasteiger partial charge is 0.308 e. The molecule has 1 aliphatic carbocycles. The lowest BCUT2D eigenvalue weighted by Crippen LogP contribution is -2.64. The molecule has 2 nitrogen and oxygen atoms in total. The molecule has 0 aromatic rings. The lowest BCUT2D eigenvalue weighted by atomic mass is 9.87.